The van der Waals surface area contributed by atoms with Gasteiger partial charge in [0, 0.05) is 12.1 Å². The van der Waals surface area contributed by atoms with Crippen LogP contribution in [0, 0.1) is 20.8 Å². The Morgan fingerprint density at radius 1 is 1.03 bits per heavy atom. The first kappa shape index (κ1) is 24.4. The minimum absolute atomic E-state index is 0.117. The van der Waals surface area contributed by atoms with Crippen molar-refractivity contribution in [2.24, 2.45) is 0 Å². The molecule has 0 saturated heterocycles. The molecule has 31 heavy (non-hydrogen) atoms. The molecule has 0 aliphatic heterocycles. The summed E-state index contributed by atoms with van der Waals surface area (Å²) in [6, 6.07) is 13.2. The van der Waals surface area contributed by atoms with Crippen LogP contribution in [0.5, 0.6) is 5.75 Å². The molecule has 5 heteroatoms. The van der Waals surface area contributed by atoms with Crippen molar-refractivity contribution in [1.29, 1.82) is 0 Å². The summed E-state index contributed by atoms with van der Waals surface area (Å²) >= 11 is 0. The lowest BCUT2D eigenvalue weighted by atomic mass is 10.0. The SMILES string of the molecule is CC[C@@H](C(=O)NC(C)(C)C)N(Cc1ccccc1C)C(=O)COc1cc(C)cc(C)c1. The van der Waals surface area contributed by atoms with E-state index in [1.54, 1.807) is 4.90 Å². The number of carbonyl (C=O) groups is 2. The Morgan fingerprint density at radius 2 is 1.65 bits per heavy atom. The van der Waals surface area contributed by atoms with Crippen LogP contribution in [0.3, 0.4) is 0 Å². The average Bonchev–Trinajstić information content (AvgIpc) is 2.65. The van der Waals surface area contributed by atoms with Gasteiger partial charge in [-0.05, 0) is 82.3 Å². The second kappa shape index (κ2) is 10.5. The van der Waals surface area contributed by atoms with Gasteiger partial charge in [-0.3, -0.25) is 9.59 Å². The molecule has 2 rings (SSSR count). The zero-order chi connectivity index (χ0) is 23.2. The number of hydrogen-bond donors (Lipinski definition) is 1. The van der Waals surface area contributed by atoms with E-state index in [4.69, 9.17) is 4.74 Å². The van der Waals surface area contributed by atoms with E-state index in [0.29, 0.717) is 18.7 Å². The van der Waals surface area contributed by atoms with Gasteiger partial charge in [-0.15, -0.1) is 0 Å². The molecule has 168 valence electrons. The van der Waals surface area contributed by atoms with Crippen LogP contribution in [-0.2, 0) is 16.1 Å². The van der Waals surface area contributed by atoms with E-state index in [9.17, 15) is 9.59 Å². The molecule has 0 unspecified atom stereocenters. The topological polar surface area (TPSA) is 58.6 Å². The standard InChI is InChI=1S/C26H36N2O3/c1-8-23(25(30)27-26(5,6)7)28(16-21-12-10-9-11-20(21)4)24(29)17-31-22-14-18(2)13-19(3)15-22/h9-15,23H,8,16-17H2,1-7H3,(H,27,30)/t23-/m0/s1. The average molecular weight is 425 g/mol. The van der Waals surface area contributed by atoms with Crippen LogP contribution in [-0.4, -0.2) is 34.9 Å². The number of amides is 2. The van der Waals surface area contributed by atoms with Gasteiger partial charge in [-0.1, -0.05) is 37.3 Å². The van der Waals surface area contributed by atoms with Gasteiger partial charge in [0.2, 0.25) is 5.91 Å². The van der Waals surface area contributed by atoms with Gasteiger partial charge in [-0.2, -0.15) is 0 Å². The number of aryl methyl sites for hydroxylation is 3. The summed E-state index contributed by atoms with van der Waals surface area (Å²) in [5.74, 6) is 0.301. The van der Waals surface area contributed by atoms with Crippen molar-refractivity contribution in [3.05, 3.63) is 64.7 Å². The largest absolute Gasteiger partial charge is 0.484 e. The maximum Gasteiger partial charge on any atom is 0.261 e. The smallest absolute Gasteiger partial charge is 0.261 e. The van der Waals surface area contributed by atoms with Crippen LogP contribution in [0.2, 0.25) is 0 Å². The Balaban J connectivity index is 2.27. The summed E-state index contributed by atoms with van der Waals surface area (Å²) in [6.45, 7) is 14.0. The maximum absolute atomic E-state index is 13.3. The van der Waals surface area contributed by atoms with Crippen LogP contribution < -0.4 is 10.1 Å². The molecule has 0 aromatic heterocycles. The van der Waals surface area contributed by atoms with Gasteiger partial charge >= 0.3 is 0 Å². The van der Waals surface area contributed by atoms with Crippen molar-refractivity contribution in [3.63, 3.8) is 0 Å². The molecule has 5 nitrogen and oxygen atoms in total. The number of nitrogens with one attached hydrogen (secondary N) is 1. The van der Waals surface area contributed by atoms with Gasteiger partial charge in [0.25, 0.3) is 5.91 Å². The number of ether oxygens (including phenoxy) is 1. The van der Waals surface area contributed by atoms with Crippen LogP contribution in [0.1, 0.15) is 56.4 Å². The van der Waals surface area contributed by atoms with Crippen molar-refractivity contribution in [1.82, 2.24) is 10.2 Å². The van der Waals surface area contributed by atoms with Gasteiger partial charge in [0.1, 0.15) is 11.8 Å². The summed E-state index contributed by atoms with van der Waals surface area (Å²) in [5.41, 5.74) is 3.88. The molecule has 0 heterocycles. The zero-order valence-corrected chi connectivity index (χ0v) is 19.9. The highest BCUT2D eigenvalue weighted by Crippen LogP contribution is 2.19. The Hall–Kier alpha value is -2.82. The van der Waals surface area contributed by atoms with E-state index < -0.39 is 6.04 Å². The monoisotopic (exact) mass is 424 g/mol. The lowest BCUT2D eigenvalue weighted by molar-refractivity contribution is -0.143. The molecule has 2 aromatic carbocycles. The molecule has 2 aromatic rings. The Bertz CT molecular complexity index is 895. The van der Waals surface area contributed by atoms with Crippen molar-refractivity contribution >= 4 is 11.8 Å². The molecule has 2 amide bonds. The van der Waals surface area contributed by atoms with Gasteiger partial charge in [-0.25, -0.2) is 0 Å². The zero-order valence-electron chi connectivity index (χ0n) is 19.9. The quantitative estimate of drug-likeness (QED) is 0.667. The summed E-state index contributed by atoms with van der Waals surface area (Å²) in [5, 5.41) is 3.02. The van der Waals surface area contributed by atoms with Crippen LogP contribution >= 0.6 is 0 Å². The van der Waals surface area contributed by atoms with E-state index in [-0.39, 0.29) is 24.0 Å². The van der Waals surface area contributed by atoms with E-state index in [2.05, 4.69) is 11.4 Å². The molecular weight excluding hydrogens is 388 g/mol. The molecule has 0 aliphatic carbocycles. The summed E-state index contributed by atoms with van der Waals surface area (Å²) < 4.78 is 5.83. The maximum atomic E-state index is 13.3. The van der Waals surface area contributed by atoms with Gasteiger partial charge in [0.15, 0.2) is 6.61 Å². The Kier molecular flexibility index (Phi) is 8.26. The fraction of sp³-hybridized carbons (Fsp3) is 0.462. The second-order valence-corrected chi connectivity index (χ2v) is 9.22. The predicted octanol–water partition coefficient (Wildman–Crippen LogP) is 4.71. The van der Waals surface area contributed by atoms with Crippen LogP contribution in [0.15, 0.2) is 42.5 Å². The van der Waals surface area contributed by atoms with Crippen molar-refractivity contribution < 1.29 is 14.3 Å². The summed E-state index contributed by atoms with van der Waals surface area (Å²) in [4.78, 5) is 28.0. The number of carbonyl (C=O) groups excluding carboxylic acids is 2. The Labute approximate surface area is 186 Å². The molecule has 0 bridgehead atoms. The summed E-state index contributed by atoms with van der Waals surface area (Å²) in [6.07, 6.45) is 0.517. The Morgan fingerprint density at radius 3 is 2.19 bits per heavy atom. The summed E-state index contributed by atoms with van der Waals surface area (Å²) in [7, 11) is 0. The normalized spacial score (nSPS) is 12.2. The molecule has 0 aliphatic rings. The molecule has 1 atom stereocenters. The highest BCUT2D eigenvalue weighted by atomic mass is 16.5. The molecule has 0 radical (unpaired) electrons. The van der Waals surface area contributed by atoms with E-state index in [0.717, 1.165) is 22.3 Å². The molecule has 1 N–H and O–H groups in total. The first-order valence-corrected chi connectivity index (χ1v) is 10.9. The number of benzene rings is 2. The second-order valence-electron chi connectivity index (χ2n) is 9.22. The lowest BCUT2D eigenvalue weighted by Crippen LogP contribution is -2.54. The lowest BCUT2D eigenvalue weighted by Gasteiger charge is -2.33. The van der Waals surface area contributed by atoms with Gasteiger partial charge < -0.3 is 15.0 Å². The fourth-order valence-electron chi connectivity index (χ4n) is 3.59. The third-order valence-corrected chi connectivity index (χ3v) is 5.04. The molecule has 0 fully saturated rings. The fourth-order valence-corrected chi connectivity index (χ4v) is 3.59. The van der Waals surface area contributed by atoms with E-state index >= 15 is 0 Å². The van der Waals surface area contributed by atoms with Crippen molar-refractivity contribution in [2.75, 3.05) is 6.61 Å². The van der Waals surface area contributed by atoms with Crippen molar-refractivity contribution in [2.45, 2.75) is 73.0 Å². The molecule has 0 spiro atoms. The third kappa shape index (κ3) is 7.42. The first-order valence-electron chi connectivity index (χ1n) is 10.9. The number of nitrogens with zero attached hydrogens (tertiary/aromatic N) is 1. The minimum Gasteiger partial charge on any atom is -0.484 e. The highest BCUT2D eigenvalue weighted by molar-refractivity contribution is 5.88. The van der Waals surface area contributed by atoms with E-state index in [1.807, 2.05) is 84.9 Å². The first-order chi connectivity index (χ1) is 14.5. The van der Waals surface area contributed by atoms with Crippen molar-refractivity contribution in [3.8, 4) is 5.75 Å². The van der Waals surface area contributed by atoms with Crippen LogP contribution in [0.4, 0.5) is 0 Å². The van der Waals surface area contributed by atoms with Gasteiger partial charge in [0.05, 0.1) is 0 Å². The third-order valence-electron chi connectivity index (χ3n) is 5.04. The minimum atomic E-state index is -0.575. The number of rotatable bonds is 8. The highest BCUT2D eigenvalue weighted by Gasteiger charge is 2.31. The predicted molar refractivity (Wildman–Crippen MR) is 125 cm³/mol. The number of hydrogen-bond acceptors (Lipinski definition) is 3. The molecule has 0 saturated carbocycles. The van der Waals surface area contributed by atoms with E-state index in [1.165, 1.54) is 0 Å². The van der Waals surface area contributed by atoms with Crippen LogP contribution in [0.25, 0.3) is 0 Å². The molecular formula is C26H36N2O3.